The molecule has 0 radical (unpaired) electrons. The van der Waals surface area contributed by atoms with E-state index in [2.05, 4.69) is 5.32 Å². The second kappa shape index (κ2) is 4.78. The first-order valence-electron chi connectivity index (χ1n) is 5.43. The molecule has 1 atom stereocenters. The van der Waals surface area contributed by atoms with Crippen molar-refractivity contribution in [2.24, 2.45) is 5.92 Å². The maximum atomic E-state index is 13.5. The van der Waals surface area contributed by atoms with Crippen LogP contribution in [0, 0.1) is 17.6 Å². The van der Waals surface area contributed by atoms with Crippen LogP contribution in [0.5, 0.6) is 5.75 Å². The lowest BCUT2D eigenvalue weighted by atomic mass is 9.98. The minimum atomic E-state index is -0.833. The van der Waals surface area contributed by atoms with Crippen LogP contribution in [0.25, 0.3) is 0 Å². The van der Waals surface area contributed by atoms with E-state index >= 15 is 0 Å². The quantitative estimate of drug-likeness (QED) is 0.854. The second-order valence-corrected chi connectivity index (χ2v) is 4.15. The summed E-state index contributed by atoms with van der Waals surface area (Å²) in [6, 6.07) is 2.66. The summed E-state index contributed by atoms with van der Waals surface area (Å²) in [7, 11) is 1.45. The molecule has 2 rings (SSSR count). The van der Waals surface area contributed by atoms with Crippen molar-refractivity contribution in [1.82, 2.24) is 5.32 Å². The number of hydrogen-bond acceptors (Lipinski definition) is 2. The van der Waals surface area contributed by atoms with Crippen molar-refractivity contribution >= 4 is 0 Å². The Hall–Kier alpha value is -1.16. The molecule has 1 aliphatic heterocycles. The zero-order chi connectivity index (χ0) is 11.5. The first-order chi connectivity index (χ1) is 7.70. The highest BCUT2D eigenvalue weighted by molar-refractivity contribution is 5.31. The lowest BCUT2D eigenvalue weighted by Crippen LogP contribution is -2.12. The minimum Gasteiger partial charge on any atom is -0.497 e. The van der Waals surface area contributed by atoms with Crippen molar-refractivity contribution in [2.75, 3.05) is 20.2 Å². The standard InChI is InChI=1S/C12H15F2NO/c1-16-10-5-9(12(14)11(13)6-10)4-8-2-3-15-7-8/h5-6,8,15H,2-4,7H2,1H3. The van der Waals surface area contributed by atoms with Crippen LogP contribution < -0.4 is 10.1 Å². The molecule has 1 heterocycles. The highest BCUT2D eigenvalue weighted by Gasteiger charge is 2.19. The van der Waals surface area contributed by atoms with Crippen molar-refractivity contribution in [1.29, 1.82) is 0 Å². The fraction of sp³-hybridized carbons (Fsp3) is 0.500. The van der Waals surface area contributed by atoms with Crippen LogP contribution in [0.4, 0.5) is 8.78 Å². The molecule has 88 valence electrons. The number of ether oxygens (including phenoxy) is 1. The van der Waals surface area contributed by atoms with Gasteiger partial charge in [0.1, 0.15) is 5.75 Å². The number of methoxy groups -OCH3 is 1. The predicted molar refractivity (Wildman–Crippen MR) is 57.6 cm³/mol. The SMILES string of the molecule is COc1cc(F)c(F)c(CC2CCNC2)c1. The van der Waals surface area contributed by atoms with Gasteiger partial charge in [-0.1, -0.05) is 0 Å². The summed E-state index contributed by atoms with van der Waals surface area (Å²) in [5, 5.41) is 3.21. The fourth-order valence-corrected chi connectivity index (χ4v) is 2.08. The zero-order valence-corrected chi connectivity index (χ0v) is 9.22. The Bertz CT molecular complexity index is 376. The summed E-state index contributed by atoms with van der Waals surface area (Å²) in [6.07, 6.45) is 1.57. The number of nitrogens with one attached hydrogen (secondary N) is 1. The van der Waals surface area contributed by atoms with Gasteiger partial charge in [0, 0.05) is 6.07 Å². The molecule has 1 saturated heterocycles. The molecule has 1 aliphatic rings. The highest BCUT2D eigenvalue weighted by Crippen LogP contribution is 2.24. The van der Waals surface area contributed by atoms with Gasteiger partial charge in [-0.2, -0.15) is 0 Å². The molecule has 0 saturated carbocycles. The van der Waals surface area contributed by atoms with E-state index < -0.39 is 11.6 Å². The molecule has 0 aliphatic carbocycles. The van der Waals surface area contributed by atoms with Crippen LogP contribution in [0.3, 0.4) is 0 Å². The third-order valence-corrected chi connectivity index (χ3v) is 2.98. The van der Waals surface area contributed by atoms with Crippen molar-refractivity contribution in [3.63, 3.8) is 0 Å². The number of benzene rings is 1. The summed E-state index contributed by atoms with van der Waals surface area (Å²) < 4.78 is 31.7. The smallest absolute Gasteiger partial charge is 0.162 e. The van der Waals surface area contributed by atoms with Crippen molar-refractivity contribution in [2.45, 2.75) is 12.8 Å². The van der Waals surface area contributed by atoms with E-state index in [9.17, 15) is 8.78 Å². The van der Waals surface area contributed by atoms with Gasteiger partial charge >= 0.3 is 0 Å². The molecule has 1 unspecified atom stereocenters. The summed E-state index contributed by atoms with van der Waals surface area (Å²) in [5.41, 5.74) is 0.408. The maximum absolute atomic E-state index is 13.5. The Morgan fingerprint density at radius 3 is 2.88 bits per heavy atom. The molecule has 1 fully saturated rings. The average molecular weight is 227 g/mol. The maximum Gasteiger partial charge on any atom is 0.162 e. The van der Waals surface area contributed by atoms with Gasteiger partial charge in [0.25, 0.3) is 0 Å². The normalized spacial score (nSPS) is 20.1. The Labute approximate surface area is 93.6 Å². The molecule has 0 spiro atoms. The van der Waals surface area contributed by atoms with Gasteiger partial charge < -0.3 is 10.1 Å². The van der Waals surface area contributed by atoms with Crippen molar-refractivity contribution in [3.8, 4) is 5.75 Å². The fourth-order valence-electron chi connectivity index (χ4n) is 2.08. The Balaban J connectivity index is 2.20. The summed E-state index contributed by atoms with van der Waals surface area (Å²) in [4.78, 5) is 0. The lowest BCUT2D eigenvalue weighted by molar-refractivity contribution is 0.402. The van der Waals surface area contributed by atoms with Crippen LogP contribution in [0.2, 0.25) is 0 Å². The molecule has 0 amide bonds. The molecular weight excluding hydrogens is 212 g/mol. The molecular formula is C12H15F2NO. The lowest BCUT2D eigenvalue weighted by Gasteiger charge is -2.11. The van der Waals surface area contributed by atoms with Crippen LogP contribution in [-0.4, -0.2) is 20.2 Å². The van der Waals surface area contributed by atoms with Crippen LogP contribution in [-0.2, 0) is 6.42 Å². The molecule has 1 aromatic carbocycles. The molecule has 4 heteroatoms. The Morgan fingerprint density at radius 2 is 2.25 bits per heavy atom. The van der Waals surface area contributed by atoms with E-state index in [-0.39, 0.29) is 0 Å². The van der Waals surface area contributed by atoms with Gasteiger partial charge in [0.05, 0.1) is 7.11 Å². The zero-order valence-electron chi connectivity index (χ0n) is 9.22. The number of halogens is 2. The minimum absolute atomic E-state index is 0.375. The molecule has 1 N–H and O–H groups in total. The van der Waals surface area contributed by atoms with Gasteiger partial charge in [0.2, 0.25) is 0 Å². The van der Waals surface area contributed by atoms with Gasteiger partial charge in [0.15, 0.2) is 11.6 Å². The van der Waals surface area contributed by atoms with Gasteiger partial charge in [-0.25, -0.2) is 8.78 Å². The van der Waals surface area contributed by atoms with E-state index in [1.165, 1.54) is 7.11 Å². The van der Waals surface area contributed by atoms with Crippen LogP contribution in [0.15, 0.2) is 12.1 Å². The Morgan fingerprint density at radius 1 is 1.44 bits per heavy atom. The molecule has 0 bridgehead atoms. The first kappa shape index (κ1) is 11.3. The third kappa shape index (κ3) is 2.32. The van der Waals surface area contributed by atoms with Gasteiger partial charge in [-0.15, -0.1) is 0 Å². The molecule has 16 heavy (non-hydrogen) atoms. The van der Waals surface area contributed by atoms with Gasteiger partial charge in [-0.3, -0.25) is 0 Å². The summed E-state index contributed by atoms with van der Waals surface area (Å²) >= 11 is 0. The van der Waals surface area contributed by atoms with Crippen molar-refractivity contribution in [3.05, 3.63) is 29.3 Å². The Kier molecular flexibility index (Phi) is 3.39. The third-order valence-electron chi connectivity index (χ3n) is 2.98. The monoisotopic (exact) mass is 227 g/mol. The number of rotatable bonds is 3. The largest absolute Gasteiger partial charge is 0.497 e. The van der Waals surface area contributed by atoms with E-state index in [0.29, 0.717) is 23.7 Å². The van der Waals surface area contributed by atoms with E-state index in [4.69, 9.17) is 4.74 Å². The van der Waals surface area contributed by atoms with Crippen LogP contribution >= 0.6 is 0 Å². The van der Waals surface area contributed by atoms with E-state index in [1.54, 1.807) is 6.07 Å². The summed E-state index contributed by atoms with van der Waals surface area (Å²) in [6.45, 7) is 1.83. The average Bonchev–Trinajstić information content (AvgIpc) is 2.77. The first-order valence-corrected chi connectivity index (χ1v) is 5.43. The van der Waals surface area contributed by atoms with E-state index in [1.807, 2.05) is 0 Å². The molecule has 2 nitrogen and oxygen atoms in total. The molecule has 0 aromatic heterocycles. The van der Waals surface area contributed by atoms with E-state index in [0.717, 1.165) is 25.6 Å². The van der Waals surface area contributed by atoms with Crippen molar-refractivity contribution < 1.29 is 13.5 Å². The van der Waals surface area contributed by atoms with Gasteiger partial charge in [-0.05, 0) is 43.5 Å². The number of hydrogen-bond donors (Lipinski definition) is 1. The van der Waals surface area contributed by atoms with Crippen LogP contribution in [0.1, 0.15) is 12.0 Å². The molecule has 1 aromatic rings. The highest BCUT2D eigenvalue weighted by atomic mass is 19.2. The summed E-state index contributed by atoms with van der Waals surface area (Å²) in [5.74, 6) is -0.811. The predicted octanol–water partition coefficient (Wildman–Crippen LogP) is 2.13. The second-order valence-electron chi connectivity index (χ2n) is 4.15. The topological polar surface area (TPSA) is 21.3 Å².